The van der Waals surface area contributed by atoms with Gasteiger partial charge >= 0.3 is 6.36 Å². The molecule has 0 saturated carbocycles. The summed E-state index contributed by atoms with van der Waals surface area (Å²) < 4.78 is 86.3. The summed E-state index contributed by atoms with van der Waals surface area (Å²) in [5.41, 5.74) is 7.25. The fraction of sp³-hybridized carbons (Fsp3) is 0.370. The Morgan fingerprint density at radius 1 is 1.07 bits per heavy atom. The Morgan fingerprint density at radius 2 is 1.79 bits per heavy atom. The van der Waals surface area contributed by atoms with Crippen molar-refractivity contribution in [3.05, 3.63) is 66.0 Å². The molecule has 2 saturated heterocycles. The first-order valence-electron chi connectivity index (χ1n) is 12.9. The number of nitrogens with zero attached hydrogens (tertiary/aromatic N) is 3. The third-order valence-corrected chi connectivity index (χ3v) is 8.86. The Bertz CT molecular complexity index is 1580. The lowest BCUT2D eigenvalue weighted by Gasteiger charge is -2.35. The van der Waals surface area contributed by atoms with Gasteiger partial charge in [-0.15, -0.1) is 13.2 Å². The maximum absolute atomic E-state index is 15.1. The SMILES string of the molecule is NC(=O)c1cc(-c2cnn(C3CS(=O)(=O)C3)c2)ccc1OC1CCN(C(=O)Cc2ccc(OC(F)(F)F)cc2)CC1F. The number of likely N-dealkylation sites (tertiary alicyclic amines) is 1. The monoisotopic (exact) mass is 610 g/mol. The average Bonchev–Trinajstić information content (AvgIpc) is 3.39. The van der Waals surface area contributed by atoms with Gasteiger partial charge in [-0.25, -0.2) is 12.8 Å². The minimum absolute atomic E-state index is 0.0101. The molecular weight excluding hydrogens is 584 g/mol. The van der Waals surface area contributed by atoms with Crippen LogP contribution in [0, 0.1) is 0 Å². The molecule has 2 amide bonds. The van der Waals surface area contributed by atoms with E-state index in [1.165, 1.54) is 29.2 Å². The van der Waals surface area contributed by atoms with E-state index < -0.39 is 46.0 Å². The van der Waals surface area contributed by atoms with Gasteiger partial charge in [-0.05, 0) is 35.4 Å². The van der Waals surface area contributed by atoms with Crippen LogP contribution in [0.2, 0.25) is 0 Å². The highest BCUT2D eigenvalue weighted by Crippen LogP contribution is 2.31. The molecule has 10 nitrogen and oxygen atoms in total. The van der Waals surface area contributed by atoms with E-state index in [9.17, 15) is 31.2 Å². The van der Waals surface area contributed by atoms with Crippen molar-refractivity contribution in [2.45, 2.75) is 37.5 Å². The number of rotatable bonds is 8. The van der Waals surface area contributed by atoms with Crippen LogP contribution in [0.25, 0.3) is 11.1 Å². The zero-order valence-corrected chi connectivity index (χ0v) is 22.8. The molecule has 0 radical (unpaired) electrons. The Balaban J connectivity index is 1.19. The first-order valence-corrected chi connectivity index (χ1v) is 14.7. The van der Waals surface area contributed by atoms with E-state index in [1.54, 1.807) is 23.1 Å². The van der Waals surface area contributed by atoms with E-state index in [-0.39, 0.29) is 54.8 Å². The summed E-state index contributed by atoms with van der Waals surface area (Å²) in [5, 5.41) is 4.22. The predicted octanol–water partition coefficient (Wildman–Crippen LogP) is 3.08. The summed E-state index contributed by atoms with van der Waals surface area (Å²) >= 11 is 0. The highest BCUT2D eigenvalue weighted by molar-refractivity contribution is 7.92. The van der Waals surface area contributed by atoms with Crippen molar-refractivity contribution in [3.63, 3.8) is 0 Å². The van der Waals surface area contributed by atoms with Gasteiger partial charge in [0.15, 0.2) is 16.0 Å². The summed E-state index contributed by atoms with van der Waals surface area (Å²) in [6.07, 6.45) is -4.15. The third-order valence-electron chi connectivity index (χ3n) is 7.07. The molecule has 5 rings (SSSR count). The number of nitrogens with two attached hydrogens (primary N) is 1. The molecule has 42 heavy (non-hydrogen) atoms. The van der Waals surface area contributed by atoms with Gasteiger partial charge in [-0.2, -0.15) is 5.10 Å². The van der Waals surface area contributed by atoms with E-state index >= 15 is 4.39 Å². The molecule has 2 aliphatic heterocycles. The smallest absolute Gasteiger partial charge is 0.486 e. The average molecular weight is 611 g/mol. The highest BCUT2D eigenvalue weighted by atomic mass is 32.2. The predicted molar refractivity (Wildman–Crippen MR) is 141 cm³/mol. The zero-order chi connectivity index (χ0) is 30.2. The number of ether oxygens (including phenoxy) is 2. The minimum atomic E-state index is -4.82. The van der Waals surface area contributed by atoms with Crippen LogP contribution in [0.4, 0.5) is 17.6 Å². The molecule has 1 aromatic heterocycles. The van der Waals surface area contributed by atoms with E-state index in [2.05, 4.69) is 9.84 Å². The van der Waals surface area contributed by atoms with Crippen LogP contribution in [-0.2, 0) is 21.1 Å². The molecular formula is C27H26F4N4O6S. The molecule has 2 aliphatic rings. The van der Waals surface area contributed by atoms with E-state index in [1.807, 2.05) is 0 Å². The number of carbonyl (C=O) groups excluding carboxylic acids is 2. The lowest BCUT2D eigenvalue weighted by atomic mass is 10.0. The molecule has 2 N–H and O–H groups in total. The molecule has 3 heterocycles. The summed E-state index contributed by atoms with van der Waals surface area (Å²) in [4.78, 5) is 26.2. The molecule has 3 aromatic rings. The van der Waals surface area contributed by atoms with Gasteiger partial charge in [-0.1, -0.05) is 18.2 Å². The molecule has 224 valence electrons. The second-order valence-electron chi connectivity index (χ2n) is 10.2. The number of amides is 2. The number of sulfone groups is 1. The van der Waals surface area contributed by atoms with Crippen LogP contribution in [-0.4, -0.2) is 78.1 Å². The third kappa shape index (κ3) is 6.83. The molecule has 2 atom stereocenters. The first kappa shape index (κ1) is 29.4. The van der Waals surface area contributed by atoms with Crippen molar-refractivity contribution in [2.24, 2.45) is 5.73 Å². The lowest BCUT2D eigenvalue weighted by molar-refractivity contribution is -0.274. The highest BCUT2D eigenvalue weighted by Gasteiger charge is 2.36. The number of primary amides is 1. The maximum Gasteiger partial charge on any atom is 0.573 e. The van der Waals surface area contributed by atoms with Gasteiger partial charge in [0.25, 0.3) is 5.91 Å². The van der Waals surface area contributed by atoms with Crippen molar-refractivity contribution in [1.29, 1.82) is 0 Å². The molecule has 2 fully saturated rings. The summed E-state index contributed by atoms with van der Waals surface area (Å²) in [7, 11) is -3.03. The zero-order valence-electron chi connectivity index (χ0n) is 22.0. The van der Waals surface area contributed by atoms with Crippen LogP contribution < -0.4 is 15.2 Å². The van der Waals surface area contributed by atoms with Crippen LogP contribution in [0.1, 0.15) is 28.4 Å². The Kier molecular flexibility index (Phi) is 7.88. The number of halogens is 4. The van der Waals surface area contributed by atoms with Crippen molar-refractivity contribution in [2.75, 3.05) is 24.6 Å². The van der Waals surface area contributed by atoms with Gasteiger partial charge in [0, 0.05) is 24.7 Å². The summed E-state index contributed by atoms with van der Waals surface area (Å²) in [5.74, 6) is -1.50. The summed E-state index contributed by atoms with van der Waals surface area (Å²) in [6.45, 7) is -0.0991. The quantitative estimate of drug-likeness (QED) is 0.388. The molecule has 0 bridgehead atoms. The van der Waals surface area contributed by atoms with Crippen LogP contribution >= 0.6 is 0 Å². The van der Waals surface area contributed by atoms with E-state index in [0.29, 0.717) is 16.7 Å². The number of benzene rings is 2. The van der Waals surface area contributed by atoms with E-state index in [0.717, 1.165) is 12.1 Å². The van der Waals surface area contributed by atoms with Crippen LogP contribution in [0.15, 0.2) is 54.9 Å². The maximum atomic E-state index is 15.1. The molecule has 2 aromatic carbocycles. The number of alkyl halides is 4. The Labute approximate surface area is 237 Å². The minimum Gasteiger partial charge on any atom is -0.486 e. The number of carbonyl (C=O) groups is 2. The van der Waals surface area contributed by atoms with Crippen molar-refractivity contribution >= 4 is 21.7 Å². The van der Waals surface area contributed by atoms with Crippen LogP contribution in [0.3, 0.4) is 0 Å². The fourth-order valence-electron chi connectivity index (χ4n) is 4.88. The second-order valence-corrected chi connectivity index (χ2v) is 12.3. The fourth-order valence-corrected chi connectivity index (χ4v) is 6.26. The van der Waals surface area contributed by atoms with Crippen molar-refractivity contribution in [1.82, 2.24) is 14.7 Å². The van der Waals surface area contributed by atoms with Gasteiger partial charge in [-0.3, -0.25) is 14.3 Å². The van der Waals surface area contributed by atoms with Gasteiger partial charge < -0.3 is 20.1 Å². The van der Waals surface area contributed by atoms with E-state index in [4.69, 9.17) is 10.5 Å². The Hall–Kier alpha value is -4.14. The number of piperidine rings is 1. The molecule has 15 heteroatoms. The van der Waals surface area contributed by atoms with Gasteiger partial charge in [0.1, 0.15) is 17.6 Å². The lowest BCUT2D eigenvalue weighted by Crippen LogP contribution is -2.49. The molecule has 0 spiro atoms. The van der Waals surface area contributed by atoms with Crippen LogP contribution in [0.5, 0.6) is 11.5 Å². The number of hydrogen-bond donors (Lipinski definition) is 1. The van der Waals surface area contributed by atoms with Gasteiger partial charge in [0.05, 0.1) is 42.3 Å². The van der Waals surface area contributed by atoms with Crippen molar-refractivity contribution in [3.8, 4) is 22.6 Å². The summed E-state index contributed by atoms with van der Waals surface area (Å²) in [6, 6.07) is 9.26. The first-order chi connectivity index (χ1) is 19.8. The van der Waals surface area contributed by atoms with Gasteiger partial charge in [0.2, 0.25) is 5.91 Å². The standard InChI is InChI=1S/C27H26F4N4O6S/c28-22-13-34(25(36)9-16-1-4-20(5-2-16)41-27(29,30)31)8-7-24(22)40-23-6-3-17(10-21(23)26(32)37)18-11-33-35(12-18)19-14-42(38,39)15-19/h1-6,10-12,19,22,24H,7-9,13-15H2,(H2,32,37). The topological polar surface area (TPSA) is 134 Å². The normalized spacial score (nSPS) is 20.5. The number of aromatic nitrogens is 2. The largest absolute Gasteiger partial charge is 0.573 e. The Morgan fingerprint density at radius 3 is 2.40 bits per heavy atom. The van der Waals surface area contributed by atoms with Crippen molar-refractivity contribution < 1.29 is 45.0 Å². The second kappa shape index (κ2) is 11.3. The molecule has 2 unspecified atom stereocenters. The molecule has 0 aliphatic carbocycles. The number of hydrogen-bond acceptors (Lipinski definition) is 7.